The number of nitrogens with one attached hydrogen (secondary N) is 1. The minimum Gasteiger partial charge on any atom is -0.317 e. The number of hydrogen-bond donors (Lipinski definition) is 1. The summed E-state index contributed by atoms with van der Waals surface area (Å²) in [7, 11) is 0. The number of aryl methyl sites for hydroxylation is 1. The van der Waals surface area contributed by atoms with E-state index in [1.165, 1.54) is 25.1 Å². The third kappa shape index (κ3) is 2.70. The highest BCUT2D eigenvalue weighted by Crippen LogP contribution is 2.25. The van der Waals surface area contributed by atoms with Crippen LogP contribution in [0.4, 0.5) is 18.9 Å². The number of hydrogen-bond acceptors (Lipinski definition) is 1. The zero-order valence-corrected chi connectivity index (χ0v) is 11.9. The second-order valence-electron chi connectivity index (χ2n) is 4.10. The summed E-state index contributed by atoms with van der Waals surface area (Å²) < 4.78 is 41.1. The summed E-state index contributed by atoms with van der Waals surface area (Å²) in [6.07, 6.45) is 0. The molecule has 20 heavy (non-hydrogen) atoms. The molecule has 0 saturated heterocycles. The van der Waals surface area contributed by atoms with Crippen LogP contribution in [0.1, 0.15) is 15.9 Å². The average molecular weight is 344 g/mol. The second kappa shape index (κ2) is 5.66. The number of rotatable bonds is 2. The van der Waals surface area contributed by atoms with Crippen molar-refractivity contribution in [1.82, 2.24) is 0 Å². The predicted molar refractivity (Wildman–Crippen MR) is 73.1 cm³/mol. The summed E-state index contributed by atoms with van der Waals surface area (Å²) in [4.78, 5) is 12.0. The maximum absolute atomic E-state index is 13.8. The van der Waals surface area contributed by atoms with E-state index in [4.69, 9.17) is 0 Å². The van der Waals surface area contributed by atoms with Crippen LogP contribution in [0.25, 0.3) is 0 Å². The zero-order valence-electron chi connectivity index (χ0n) is 10.3. The van der Waals surface area contributed by atoms with Crippen LogP contribution < -0.4 is 5.32 Å². The van der Waals surface area contributed by atoms with E-state index in [0.29, 0.717) is 0 Å². The predicted octanol–water partition coefficient (Wildman–Crippen LogP) is 4.43. The van der Waals surface area contributed by atoms with Gasteiger partial charge in [0.25, 0.3) is 5.91 Å². The first-order valence-corrected chi connectivity index (χ1v) is 6.41. The van der Waals surface area contributed by atoms with Gasteiger partial charge in [0.1, 0.15) is 17.3 Å². The lowest BCUT2D eigenvalue weighted by Crippen LogP contribution is -2.17. The molecule has 0 spiro atoms. The minimum atomic E-state index is -0.932. The fourth-order valence-corrected chi connectivity index (χ4v) is 2.18. The van der Waals surface area contributed by atoms with Gasteiger partial charge in [0.05, 0.1) is 5.56 Å². The van der Waals surface area contributed by atoms with Gasteiger partial charge < -0.3 is 5.32 Å². The Balaban J connectivity index is 2.41. The van der Waals surface area contributed by atoms with E-state index in [9.17, 15) is 18.0 Å². The van der Waals surface area contributed by atoms with Gasteiger partial charge >= 0.3 is 0 Å². The molecule has 104 valence electrons. The molecule has 6 heteroatoms. The average Bonchev–Trinajstić information content (AvgIpc) is 2.39. The third-order valence-electron chi connectivity index (χ3n) is 2.71. The summed E-state index contributed by atoms with van der Waals surface area (Å²) in [6, 6.07) is 6.23. The highest BCUT2D eigenvalue weighted by Gasteiger charge is 2.19. The molecule has 0 saturated carbocycles. The first kappa shape index (κ1) is 14.6. The molecule has 2 rings (SSSR count). The largest absolute Gasteiger partial charge is 0.317 e. The summed E-state index contributed by atoms with van der Waals surface area (Å²) in [5, 5.41) is 2.06. The van der Waals surface area contributed by atoms with Crippen LogP contribution in [0.5, 0.6) is 0 Å². The standard InChI is InChI=1S/C14H9BrF3NO/c1-7-5-6-10(17)13(12(7)18)19-14(20)11-8(15)3-2-4-9(11)16/h2-6H,1H3,(H,19,20). The monoisotopic (exact) mass is 343 g/mol. The maximum atomic E-state index is 13.8. The van der Waals surface area contributed by atoms with Gasteiger partial charge in [-0.25, -0.2) is 13.2 Å². The second-order valence-corrected chi connectivity index (χ2v) is 4.96. The highest BCUT2D eigenvalue weighted by molar-refractivity contribution is 9.10. The zero-order chi connectivity index (χ0) is 14.9. The molecular weight excluding hydrogens is 335 g/mol. The fraction of sp³-hybridized carbons (Fsp3) is 0.0714. The van der Waals surface area contributed by atoms with Crippen molar-refractivity contribution >= 4 is 27.5 Å². The molecule has 0 aliphatic carbocycles. The van der Waals surface area contributed by atoms with Crippen molar-refractivity contribution in [3.63, 3.8) is 0 Å². The molecule has 0 aromatic heterocycles. The number of amides is 1. The van der Waals surface area contributed by atoms with Crippen molar-refractivity contribution in [2.45, 2.75) is 6.92 Å². The van der Waals surface area contributed by atoms with E-state index < -0.39 is 29.0 Å². The SMILES string of the molecule is Cc1ccc(F)c(NC(=O)c2c(F)cccc2Br)c1F. The van der Waals surface area contributed by atoms with E-state index in [0.717, 1.165) is 12.1 Å². The van der Waals surface area contributed by atoms with Gasteiger partial charge in [0.15, 0.2) is 5.82 Å². The van der Waals surface area contributed by atoms with Crippen LogP contribution >= 0.6 is 15.9 Å². The quantitative estimate of drug-likeness (QED) is 0.858. The Kier molecular flexibility index (Phi) is 4.13. The lowest BCUT2D eigenvalue weighted by Gasteiger charge is -2.10. The first-order chi connectivity index (χ1) is 9.41. The molecule has 2 aromatic rings. The summed E-state index contributed by atoms with van der Waals surface area (Å²) >= 11 is 3.02. The Hall–Kier alpha value is -1.82. The smallest absolute Gasteiger partial charge is 0.259 e. The molecule has 0 aliphatic rings. The molecule has 0 heterocycles. The number of carbonyl (C=O) groups is 1. The summed E-state index contributed by atoms with van der Waals surface area (Å²) in [6.45, 7) is 1.43. The Bertz CT molecular complexity index is 668. The normalized spacial score (nSPS) is 10.4. The number of anilines is 1. The molecule has 0 aliphatic heterocycles. The molecule has 0 bridgehead atoms. The van der Waals surface area contributed by atoms with Crippen molar-refractivity contribution in [2.75, 3.05) is 5.32 Å². The van der Waals surface area contributed by atoms with E-state index >= 15 is 0 Å². The van der Waals surface area contributed by atoms with Crippen LogP contribution in [0.15, 0.2) is 34.8 Å². The van der Waals surface area contributed by atoms with Crippen molar-refractivity contribution in [1.29, 1.82) is 0 Å². The van der Waals surface area contributed by atoms with Gasteiger partial charge in [-0.2, -0.15) is 0 Å². The molecule has 2 nitrogen and oxygen atoms in total. The lowest BCUT2D eigenvalue weighted by atomic mass is 10.1. The van der Waals surface area contributed by atoms with Gasteiger partial charge in [0.2, 0.25) is 0 Å². The molecule has 0 fully saturated rings. The van der Waals surface area contributed by atoms with Crippen LogP contribution in [-0.4, -0.2) is 5.91 Å². The van der Waals surface area contributed by atoms with Crippen molar-refractivity contribution in [3.05, 3.63) is 63.4 Å². The molecule has 1 N–H and O–H groups in total. The highest BCUT2D eigenvalue weighted by atomic mass is 79.9. The van der Waals surface area contributed by atoms with Crippen molar-refractivity contribution in [2.24, 2.45) is 0 Å². The number of carbonyl (C=O) groups excluding carboxylic acids is 1. The fourth-order valence-electron chi connectivity index (χ4n) is 1.66. The van der Waals surface area contributed by atoms with Crippen LogP contribution in [0.2, 0.25) is 0 Å². The molecule has 2 aromatic carbocycles. The number of benzene rings is 2. The molecule has 0 unspecified atom stereocenters. The Morgan fingerprint density at radius 3 is 2.45 bits per heavy atom. The molecular formula is C14H9BrF3NO. The Morgan fingerprint density at radius 2 is 1.80 bits per heavy atom. The van der Waals surface area contributed by atoms with Gasteiger partial charge in [-0.05, 0) is 46.6 Å². The molecule has 0 radical (unpaired) electrons. The van der Waals surface area contributed by atoms with Gasteiger partial charge in [-0.3, -0.25) is 4.79 Å². The van der Waals surface area contributed by atoms with E-state index in [-0.39, 0.29) is 15.6 Å². The van der Waals surface area contributed by atoms with Crippen molar-refractivity contribution in [3.8, 4) is 0 Å². The summed E-state index contributed by atoms with van der Waals surface area (Å²) in [5.41, 5.74) is -0.729. The maximum Gasteiger partial charge on any atom is 0.259 e. The first-order valence-electron chi connectivity index (χ1n) is 5.61. The topological polar surface area (TPSA) is 29.1 Å². The Morgan fingerprint density at radius 1 is 1.10 bits per heavy atom. The van der Waals surface area contributed by atoms with Crippen LogP contribution in [0, 0.1) is 24.4 Å². The van der Waals surface area contributed by atoms with Crippen LogP contribution in [-0.2, 0) is 0 Å². The summed E-state index contributed by atoms with van der Waals surface area (Å²) in [5.74, 6) is -3.52. The van der Waals surface area contributed by atoms with Gasteiger partial charge in [-0.1, -0.05) is 12.1 Å². The molecule has 1 amide bonds. The van der Waals surface area contributed by atoms with E-state index in [1.807, 2.05) is 0 Å². The Labute approximate surface area is 121 Å². The van der Waals surface area contributed by atoms with Gasteiger partial charge in [-0.15, -0.1) is 0 Å². The molecule has 0 atom stereocenters. The van der Waals surface area contributed by atoms with E-state index in [2.05, 4.69) is 21.2 Å². The van der Waals surface area contributed by atoms with Gasteiger partial charge in [0, 0.05) is 4.47 Å². The van der Waals surface area contributed by atoms with E-state index in [1.54, 1.807) is 0 Å². The number of halogens is 4. The van der Waals surface area contributed by atoms with Crippen LogP contribution in [0.3, 0.4) is 0 Å². The lowest BCUT2D eigenvalue weighted by molar-refractivity contribution is 0.102. The van der Waals surface area contributed by atoms with Crippen molar-refractivity contribution < 1.29 is 18.0 Å². The minimum absolute atomic E-state index is 0.175. The third-order valence-corrected chi connectivity index (χ3v) is 3.37.